The molecule has 0 bridgehead atoms. The second kappa shape index (κ2) is 6.42. The third kappa shape index (κ3) is 3.72. The molecule has 0 heterocycles. The zero-order chi connectivity index (χ0) is 13.8. The molecule has 1 N–H and O–H groups in total. The summed E-state index contributed by atoms with van der Waals surface area (Å²) in [5, 5.41) is 3.79. The van der Waals surface area contributed by atoms with Gasteiger partial charge in [-0.1, -0.05) is 23.7 Å². The number of benzene rings is 2. The predicted octanol–water partition coefficient (Wildman–Crippen LogP) is 4.92. The van der Waals surface area contributed by atoms with Gasteiger partial charge in [-0.2, -0.15) is 0 Å². The van der Waals surface area contributed by atoms with Gasteiger partial charge >= 0.3 is 0 Å². The van der Waals surface area contributed by atoms with Gasteiger partial charge in [0, 0.05) is 11.6 Å². The standard InChI is InChI=1S/C15H15BrClNO/c1-10-3-5-12(17)8-15(10)19-14-6-4-11(9-18-2)7-13(14)16/h3-8,18H,9H2,1-2H3. The van der Waals surface area contributed by atoms with Crippen molar-refractivity contribution in [1.82, 2.24) is 5.32 Å². The van der Waals surface area contributed by atoms with E-state index in [4.69, 9.17) is 16.3 Å². The second-order valence-electron chi connectivity index (χ2n) is 4.31. The molecule has 4 heteroatoms. The van der Waals surface area contributed by atoms with Crippen molar-refractivity contribution in [3.63, 3.8) is 0 Å². The Bertz CT molecular complexity index is 586. The summed E-state index contributed by atoms with van der Waals surface area (Å²) in [4.78, 5) is 0. The van der Waals surface area contributed by atoms with Crippen molar-refractivity contribution in [3.8, 4) is 11.5 Å². The van der Waals surface area contributed by atoms with Gasteiger partial charge in [0.2, 0.25) is 0 Å². The summed E-state index contributed by atoms with van der Waals surface area (Å²) in [6.07, 6.45) is 0. The van der Waals surface area contributed by atoms with Crippen molar-refractivity contribution in [2.75, 3.05) is 7.05 Å². The highest BCUT2D eigenvalue weighted by atomic mass is 79.9. The van der Waals surface area contributed by atoms with Gasteiger partial charge in [-0.05, 0) is 65.3 Å². The van der Waals surface area contributed by atoms with E-state index in [-0.39, 0.29) is 0 Å². The predicted molar refractivity (Wildman–Crippen MR) is 83.2 cm³/mol. The fourth-order valence-electron chi connectivity index (χ4n) is 1.74. The molecule has 0 atom stereocenters. The summed E-state index contributed by atoms with van der Waals surface area (Å²) < 4.78 is 6.83. The molecule has 0 aliphatic rings. The quantitative estimate of drug-likeness (QED) is 0.852. The smallest absolute Gasteiger partial charge is 0.141 e. The average Bonchev–Trinajstić information content (AvgIpc) is 2.37. The van der Waals surface area contributed by atoms with Crippen LogP contribution in [0.25, 0.3) is 0 Å². The molecular weight excluding hydrogens is 326 g/mol. The summed E-state index contributed by atoms with van der Waals surface area (Å²) in [5.74, 6) is 1.56. The summed E-state index contributed by atoms with van der Waals surface area (Å²) in [6.45, 7) is 2.82. The first-order valence-corrected chi connectivity index (χ1v) is 7.14. The van der Waals surface area contributed by atoms with Crippen LogP contribution in [0.4, 0.5) is 0 Å². The SMILES string of the molecule is CNCc1ccc(Oc2cc(Cl)ccc2C)c(Br)c1. The molecule has 0 radical (unpaired) electrons. The first-order valence-electron chi connectivity index (χ1n) is 5.97. The molecule has 0 spiro atoms. The summed E-state index contributed by atoms with van der Waals surface area (Å²) in [6, 6.07) is 11.7. The van der Waals surface area contributed by atoms with Crippen LogP contribution in [0.2, 0.25) is 5.02 Å². The van der Waals surface area contributed by atoms with E-state index < -0.39 is 0 Å². The molecule has 0 aromatic heterocycles. The second-order valence-corrected chi connectivity index (χ2v) is 5.60. The average molecular weight is 341 g/mol. The van der Waals surface area contributed by atoms with Crippen LogP contribution >= 0.6 is 27.5 Å². The Morgan fingerprint density at radius 2 is 1.95 bits per heavy atom. The number of ether oxygens (including phenoxy) is 1. The summed E-state index contributed by atoms with van der Waals surface area (Å²) in [5.41, 5.74) is 2.25. The molecule has 0 aliphatic heterocycles. The molecule has 2 aromatic carbocycles. The Labute approximate surface area is 126 Å². The molecule has 0 amide bonds. The summed E-state index contributed by atoms with van der Waals surface area (Å²) in [7, 11) is 1.92. The zero-order valence-electron chi connectivity index (χ0n) is 10.8. The van der Waals surface area contributed by atoms with Gasteiger partial charge in [-0.3, -0.25) is 0 Å². The number of hydrogen-bond donors (Lipinski definition) is 1. The van der Waals surface area contributed by atoms with Gasteiger partial charge in [-0.25, -0.2) is 0 Å². The van der Waals surface area contributed by atoms with Crippen molar-refractivity contribution in [2.24, 2.45) is 0 Å². The van der Waals surface area contributed by atoms with E-state index in [1.165, 1.54) is 5.56 Å². The van der Waals surface area contributed by atoms with Crippen LogP contribution in [0.3, 0.4) is 0 Å². The molecule has 2 aromatic rings. The minimum atomic E-state index is 0.670. The lowest BCUT2D eigenvalue weighted by atomic mass is 10.2. The number of rotatable bonds is 4. The van der Waals surface area contributed by atoms with E-state index in [0.29, 0.717) is 5.02 Å². The minimum Gasteiger partial charge on any atom is -0.456 e. The summed E-state index contributed by atoms with van der Waals surface area (Å²) >= 11 is 9.52. The van der Waals surface area contributed by atoms with Crippen LogP contribution in [0.15, 0.2) is 40.9 Å². The zero-order valence-corrected chi connectivity index (χ0v) is 13.2. The Morgan fingerprint density at radius 3 is 2.63 bits per heavy atom. The van der Waals surface area contributed by atoms with E-state index in [9.17, 15) is 0 Å². The van der Waals surface area contributed by atoms with Crippen LogP contribution in [-0.4, -0.2) is 7.05 Å². The monoisotopic (exact) mass is 339 g/mol. The van der Waals surface area contributed by atoms with Crippen molar-refractivity contribution in [1.29, 1.82) is 0 Å². The molecule has 0 saturated heterocycles. The maximum Gasteiger partial charge on any atom is 0.141 e. The van der Waals surface area contributed by atoms with Crippen LogP contribution in [0, 0.1) is 6.92 Å². The van der Waals surface area contributed by atoms with Gasteiger partial charge in [0.05, 0.1) is 4.47 Å². The largest absolute Gasteiger partial charge is 0.456 e. The molecule has 19 heavy (non-hydrogen) atoms. The van der Waals surface area contributed by atoms with E-state index in [1.807, 2.05) is 50.4 Å². The van der Waals surface area contributed by atoms with Crippen LogP contribution in [0.5, 0.6) is 11.5 Å². The first kappa shape index (κ1) is 14.4. The number of hydrogen-bond acceptors (Lipinski definition) is 2. The maximum atomic E-state index is 5.99. The Kier molecular flexibility index (Phi) is 4.86. The van der Waals surface area contributed by atoms with E-state index in [2.05, 4.69) is 21.2 Å². The Morgan fingerprint density at radius 1 is 1.16 bits per heavy atom. The van der Waals surface area contributed by atoms with Gasteiger partial charge < -0.3 is 10.1 Å². The molecule has 0 aliphatic carbocycles. The number of aryl methyl sites for hydroxylation is 1. The molecular formula is C15H15BrClNO. The third-order valence-corrected chi connectivity index (χ3v) is 3.60. The van der Waals surface area contributed by atoms with Crippen molar-refractivity contribution < 1.29 is 4.74 Å². The fraction of sp³-hybridized carbons (Fsp3) is 0.200. The van der Waals surface area contributed by atoms with Gasteiger partial charge in [0.25, 0.3) is 0 Å². The highest BCUT2D eigenvalue weighted by Crippen LogP contribution is 2.33. The fourth-order valence-corrected chi connectivity index (χ4v) is 2.41. The lowest BCUT2D eigenvalue weighted by molar-refractivity contribution is 0.475. The highest BCUT2D eigenvalue weighted by Gasteiger charge is 2.07. The van der Waals surface area contributed by atoms with Crippen LogP contribution < -0.4 is 10.1 Å². The lowest BCUT2D eigenvalue weighted by Gasteiger charge is -2.11. The van der Waals surface area contributed by atoms with Gasteiger partial charge in [-0.15, -0.1) is 0 Å². The first-order chi connectivity index (χ1) is 9.10. The van der Waals surface area contributed by atoms with Crippen LogP contribution in [-0.2, 0) is 6.54 Å². The molecule has 0 saturated carbocycles. The normalized spacial score (nSPS) is 10.5. The molecule has 0 fully saturated rings. The lowest BCUT2D eigenvalue weighted by Crippen LogP contribution is -2.04. The number of nitrogens with one attached hydrogen (secondary N) is 1. The Hall–Kier alpha value is -1.03. The topological polar surface area (TPSA) is 21.3 Å². The molecule has 2 nitrogen and oxygen atoms in total. The number of halogens is 2. The van der Waals surface area contributed by atoms with Gasteiger partial charge in [0.15, 0.2) is 0 Å². The third-order valence-electron chi connectivity index (χ3n) is 2.75. The molecule has 100 valence electrons. The maximum absolute atomic E-state index is 5.99. The van der Waals surface area contributed by atoms with Crippen molar-refractivity contribution in [2.45, 2.75) is 13.5 Å². The highest BCUT2D eigenvalue weighted by molar-refractivity contribution is 9.10. The minimum absolute atomic E-state index is 0.670. The van der Waals surface area contributed by atoms with Crippen molar-refractivity contribution >= 4 is 27.5 Å². The van der Waals surface area contributed by atoms with Gasteiger partial charge in [0.1, 0.15) is 11.5 Å². The van der Waals surface area contributed by atoms with E-state index in [0.717, 1.165) is 28.1 Å². The van der Waals surface area contributed by atoms with Crippen molar-refractivity contribution in [3.05, 3.63) is 57.0 Å². The molecule has 0 unspecified atom stereocenters. The molecule has 2 rings (SSSR count). The van der Waals surface area contributed by atoms with E-state index in [1.54, 1.807) is 0 Å². The van der Waals surface area contributed by atoms with Crippen LogP contribution in [0.1, 0.15) is 11.1 Å². The van der Waals surface area contributed by atoms with E-state index >= 15 is 0 Å². The Balaban J connectivity index is 2.25.